The van der Waals surface area contributed by atoms with E-state index in [-0.39, 0.29) is 22.8 Å². The third-order valence-electron chi connectivity index (χ3n) is 5.97. The van der Waals surface area contributed by atoms with Crippen molar-refractivity contribution in [3.8, 4) is 0 Å². The lowest BCUT2D eigenvalue weighted by Gasteiger charge is -2.61. The van der Waals surface area contributed by atoms with Crippen molar-refractivity contribution in [2.45, 2.75) is 64.3 Å². The summed E-state index contributed by atoms with van der Waals surface area (Å²) in [5.74, 6) is 1.18. The Kier molecular flexibility index (Phi) is 3.67. The predicted molar refractivity (Wildman–Crippen MR) is 91.6 cm³/mol. The van der Waals surface area contributed by atoms with E-state index in [9.17, 15) is 9.59 Å². The van der Waals surface area contributed by atoms with Crippen LogP contribution in [-0.2, 0) is 16.0 Å². The third-order valence-corrected chi connectivity index (χ3v) is 6.96. The molecular formula is C17H24N4O2S. The minimum atomic E-state index is -0.357. The molecular weight excluding hydrogens is 324 g/mol. The van der Waals surface area contributed by atoms with Gasteiger partial charge in [0.05, 0.1) is 5.41 Å². The molecule has 1 aromatic heterocycles. The van der Waals surface area contributed by atoms with Crippen molar-refractivity contribution in [2.75, 3.05) is 5.32 Å². The molecule has 4 atom stereocenters. The molecule has 5 rings (SSSR count). The molecule has 130 valence electrons. The van der Waals surface area contributed by atoms with E-state index < -0.39 is 0 Å². The molecule has 24 heavy (non-hydrogen) atoms. The lowest BCUT2D eigenvalue weighted by Crippen LogP contribution is -2.65. The van der Waals surface area contributed by atoms with E-state index in [2.05, 4.69) is 20.8 Å². The molecule has 2 N–H and O–H groups in total. The lowest BCUT2D eigenvalue weighted by atomic mass is 9.46. The number of carbonyl (C=O) groups is 2. The van der Waals surface area contributed by atoms with Gasteiger partial charge in [-0.1, -0.05) is 18.3 Å². The fraction of sp³-hybridized carbons (Fsp3) is 0.765. The van der Waals surface area contributed by atoms with Crippen LogP contribution in [0.1, 0.15) is 57.4 Å². The molecule has 0 spiro atoms. The Bertz CT molecular complexity index is 672. The summed E-state index contributed by atoms with van der Waals surface area (Å²) in [7, 11) is 0. The number of aryl methyl sites for hydroxylation is 1. The zero-order valence-electron chi connectivity index (χ0n) is 14.2. The molecule has 4 saturated carbocycles. The average Bonchev–Trinajstić information content (AvgIpc) is 2.92. The third kappa shape index (κ3) is 2.62. The second-order valence-corrected chi connectivity index (χ2v) is 9.07. The highest BCUT2D eigenvalue weighted by molar-refractivity contribution is 7.15. The van der Waals surface area contributed by atoms with E-state index in [0.29, 0.717) is 17.0 Å². The highest BCUT2D eigenvalue weighted by atomic mass is 32.1. The summed E-state index contributed by atoms with van der Waals surface area (Å²) in [4.78, 5) is 24.8. The van der Waals surface area contributed by atoms with Crippen LogP contribution in [0.15, 0.2) is 0 Å². The van der Waals surface area contributed by atoms with Gasteiger partial charge in [-0.05, 0) is 56.8 Å². The molecule has 0 radical (unpaired) electrons. The fourth-order valence-electron chi connectivity index (χ4n) is 5.72. The van der Waals surface area contributed by atoms with Crippen LogP contribution >= 0.6 is 11.3 Å². The quantitative estimate of drug-likeness (QED) is 0.876. The summed E-state index contributed by atoms with van der Waals surface area (Å²) in [5.41, 5.74) is -0.534. The summed E-state index contributed by atoms with van der Waals surface area (Å²) < 4.78 is 0. The number of hydrogen-bond acceptors (Lipinski definition) is 5. The van der Waals surface area contributed by atoms with Crippen LogP contribution in [0.25, 0.3) is 0 Å². The van der Waals surface area contributed by atoms with Crippen molar-refractivity contribution >= 4 is 28.3 Å². The molecule has 0 aromatic carbocycles. The topological polar surface area (TPSA) is 84.0 Å². The molecule has 4 bridgehead atoms. The molecule has 4 aliphatic rings. The van der Waals surface area contributed by atoms with Crippen molar-refractivity contribution in [3.63, 3.8) is 0 Å². The van der Waals surface area contributed by atoms with Gasteiger partial charge in [0.2, 0.25) is 16.9 Å². The van der Waals surface area contributed by atoms with Crippen LogP contribution < -0.4 is 10.6 Å². The first-order valence-corrected chi connectivity index (χ1v) is 9.66. The van der Waals surface area contributed by atoms with Gasteiger partial charge in [0, 0.05) is 12.5 Å². The van der Waals surface area contributed by atoms with Gasteiger partial charge in [-0.25, -0.2) is 0 Å². The monoisotopic (exact) mass is 348 g/mol. The summed E-state index contributed by atoms with van der Waals surface area (Å²) in [5, 5.41) is 15.9. The van der Waals surface area contributed by atoms with Crippen LogP contribution in [0.4, 0.5) is 5.13 Å². The van der Waals surface area contributed by atoms with Gasteiger partial charge in [-0.2, -0.15) is 0 Å². The van der Waals surface area contributed by atoms with Crippen molar-refractivity contribution in [2.24, 2.45) is 17.3 Å². The number of nitrogens with zero attached hydrogens (tertiary/aromatic N) is 2. The Morgan fingerprint density at radius 1 is 1.21 bits per heavy atom. The number of carbonyl (C=O) groups excluding carboxylic acids is 2. The zero-order chi connectivity index (χ0) is 16.9. The van der Waals surface area contributed by atoms with Gasteiger partial charge in [0.1, 0.15) is 5.01 Å². The summed E-state index contributed by atoms with van der Waals surface area (Å²) in [6.07, 6.45) is 6.72. The standard InChI is InChI=1S/C17H24N4O2S/c1-3-13-20-21-15(24-13)18-14(23)16-5-11-4-12(6-16)8-17(7-11,9-16)19-10(2)22/h11-12H,3-9H2,1-2H3,(H,19,22)(H,18,21,23)/t11-,12+,16?,17?. The Morgan fingerprint density at radius 2 is 1.92 bits per heavy atom. The first kappa shape index (κ1) is 16.0. The van der Waals surface area contributed by atoms with E-state index in [1.165, 1.54) is 17.8 Å². The van der Waals surface area contributed by atoms with E-state index >= 15 is 0 Å². The number of anilines is 1. The fourth-order valence-corrected chi connectivity index (χ4v) is 6.40. The maximum Gasteiger partial charge on any atom is 0.232 e. The summed E-state index contributed by atoms with van der Waals surface area (Å²) in [6, 6.07) is 0. The lowest BCUT2D eigenvalue weighted by molar-refractivity contribution is -0.148. The predicted octanol–water partition coefficient (Wildman–Crippen LogP) is 2.51. The molecule has 4 fully saturated rings. The van der Waals surface area contributed by atoms with E-state index in [1.54, 1.807) is 6.92 Å². The highest BCUT2D eigenvalue weighted by Gasteiger charge is 2.60. The largest absolute Gasteiger partial charge is 0.351 e. The normalized spacial score (nSPS) is 36.6. The Balaban J connectivity index is 1.57. The second kappa shape index (κ2) is 5.51. The molecule has 2 amide bonds. The number of aromatic nitrogens is 2. The van der Waals surface area contributed by atoms with Gasteiger partial charge in [-0.3, -0.25) is 9.59 Å². The van der Waals surface area contributed by atoms with Crippen LogP contribution in [0.3, 0.4) is 0 Å². The van der Waals surface area contributed by atoms with Crippen molar-refractivity contribution in [3.05, 3.63) is 5.01 Å². The Labute approximate surface area is 145 Å². The SMILES string of the molecule is CCc1nnc(NC(=O)C23C[C@@H]4C[C@@H](CC(NC(C)=O)(C4)C2)C3)s1. The molecule has 1 aromatic rings. The molecule has 7 heteroatoms. The van der Waals surface area contributed by atoms with E-state index in [1.807, 2.05) is 6.92 Å². The van der Waals surface area contributed by atoms with Gasteiger partial charge in [0.25, 0.3) is 0 Å². The minimum Gasteiger partial charge on any atom is -0.351 e. The van der Waals surface area contributed by atoms with Gasteiger partial charge >= 0.3 is 0 Å². The van der Waals surface area contributed by atoms with Crippen LogP contribution in [-0.4, -0.2) is 27.6 Å². The van der Waals surface area contributed by atoms with Crippen LogP contribution in [0, 0.1) is 17.3 Å². The highest BCUT2D eigenvalue weighted by Crippen LogP contribution is 2.61. The summed E-state index contributed by atoms with van der Waals surface area (Å²) >= 11 is 1.45. The molecule has 4 aliphatic carbocycles. The van der Waals surface area contributed by atoms with Gasteiger partial charge in [0.15, 0.2) is 0 Å². The maximum absolute atomic E-state index is 13.1. The van der Waals surface area contributed by atoms with Crippen molar-refractivity contribution in [1.29, 1.82) is 0 Å². The smallest absolute Gasteiger partial charge is 0.232 e. The van der Waals surface area contributed by atoms with Gasteiger partial charge < -0.3 is 10.6 Å². The second-order valence-electron chi connectivity index (χ2n) is 8.01. The number of hydrogen-bond donors (Lipinski definition) is 2. The number of amides is 2. The summed E-state index contributed by atoms with van der Waals surface area (Å²) in [6.45, 7) is 3.61. The number of rotatable bonds is 4. The Hall–Kier alpha value is -1.50. The molecule has 1 heterocycles. The number of nitrogens with one attached hydrogen (secondary N) is 2. The van der Waals surface area contributed by atoms with E-state index in [4.69, 9.17) is 0 Å². The molecule has 6 nitrogen and oxygen atoms in total. The molecule has 0 aliphatic heterocycles. The minimum absolute atomic E-state index is 0.0178. The van der Waals surface area contributed by atoms with Crippen molar-refractivity contribution < 1.29 is 9.59 Å². The molecule has 2 unspecified atom stereocenters. The first-order chi connectivity index (χ1) is 11.4. The van der Waals surface area contributed by atoms with E-state index in [0.717, 1.165) is 43.5 Å². The first-order valence-electron chi connectivity index (χ1n) is 8.85. The van der Waals surface area contributed by atoms with Gasteiger partial charge in [-0.15, -0.1) is 10.2 Å². The zero-order valence-corrected chi connectivity index (χ0v) is 15.0. The van der Waals surface area contributed by atoms with Crippen LogP contribution in [0.5, 0.6) is 0 Å². The van der Waals surface area contributed by atoms with Crippen LogP contribution in [0.2, 0.25) is 0 Å². The Morgan fingerprint density at radius 3 is 2.50 bits per heavy atom. The average molecular weight is 348 g/mol. The maximum atomic E-state index is 13.1. The van der Waals surface area contributed by atoms with Crippen molar-refractivity contribution in [1.82, 2.24) is 15.5 Å². The molecule has 0 saturated heterocycles.